The molecule has 1 aromatic carbocycles. The number of nitrogens with zero attached hydrogens (tertiary/aromatic N) is 1. The molecule has 0 aliphatic heterocycles. The third-order valence-corrected chi connectivity index (χ3v) is 2.55. The maximum atomic E-state index is 11.9. The predicted octanol–water partition coefficient (Wildman–Crippen LogP) is 2.59. The highest BCUT2D eigenvalue weighted by Crippen LogP contribution is 2.15. The van der Waals surface area contributed by atoms with Gasteiger partial charge in [-0.05, 0) is 44.0 Å². The van der Waals surface area contributed by atoms with E-state index in [1.807, 2.05) is 32.9 Å². The summed E-state index contributed by atoms with van der Waals surface area (Å²) in [5, 5.41) is 9.45. The third-order valence-electron chi connectivity index (χ3n) is 2.55. The number of benzene rings is 1. The Hall–Kier alpha value is -2.10. The monoisotopic (exact) mass is 229 g/mol. The van der Waals surface area contributed by atoms with Crippen molar-refractivity contribution in [2.75, 3.05) is 5.32 Å². The van der Waals surface area contributed by atoms with E-state index in [-0.39, 0.29) is 5.91 Å². The van der Waals surface area contributed by atoms with Crippen LogP contribution in [0.4, 0.5) is 5.69 Å². The van der Waals surface area contributed by atoms with E-state index < -0.39 is 0 Å². The summed E-state index contributed by atoms with van der Waals surface area (Å²) < 4.78 is 0. The quantitative estimate of drug-likeness (QED) is 0.831. The van der Waals surface area contributed by atoms with Crippen molar-refractivity contribution in [3.05, 3.63) is 46.8 Å². The standard InChI is InChI=1S/C13H15N3O/c1-8-4-9(2)6-11(5-8)15-13(17)12-7-14-16-10(12)3/h4-7H,1-3H3,(H,14,16)(H,15,17). The lowest BCUT2D eigenvalue weighted by atomic mass is 10.1. The van der Waals surface area contributed by atoms with Gasteiger partial charge >= 0.3 is 0 Å². The van der Waals surface area contributed by atoms with Gasteiger partial charge in [-0.2, -0.15) is 5.10 Å². The summed E-state index contributed by atoms with van der Waals surface area (Å²) in [7, 11) is 0. The molecule has 2 aromatic rings. The lowest BCUT2D eigenvalue weighted by Gasteiger charge is -2.06. The van der Waals surface area contributed by atoms with Crippen LogP contribution in [0.3, 0.4) is 0 Å². The van der Waals surface area contributed by atoms with Crippen LogP contribution in [-0.2, 0) is 0 Å². The van der Waals surface area contributed by atoms with Gasteiger partial charge in [-0.15, -0.1) is 0 Å². The maximum Gasteiger partial charge on any atom is 0.259 e. The first-order chi connectivity index (χ1) is 8.06. The van der Waals surface area contributed by atoms with Crippen LogP contribution in [-0.4, -0.2) is 16.1 Å². The molecule has 0 aliphatic rings. The average molecular weight is 229 g/mol. The molecule has 0 aliphatic carbocycles. The number of hydrogen-bond donors (Lipinski definition) is 2. The molecule has 1 heterocycles. The van der Waals surface area contributed by atoms with Gasteiger partial charge in [0.25, 0.3) is 5.91 Å². The fraction of sp³-hybridized carbons (Fsp3) is 0.231. The van der Waals surface area contributed by atoms with Crippen LogP contribution < -0.4 is 5.32 Å². The van der Waals surface area contributed by atoms with Crippen LogP contribution in [0.2, 0.25) is 0 Å². The third kappa shape index (κ3) is 2.53. The molecule has 1 amide bonds. The molecule has 17 heavy (non-hydrogen) atoms. The number of H-pyrrole nitrogens is 1. The summed E-state index contributed by atoms with van der Waals surface area (Å²) in [4.78, 5) is 11.9. The largest absolute Gasteiger partial charge is 0.322 e. The Kier molecular flexibility index (Phi) is 2.95. The number of aromatic amines is 1. The van der Waals surface area contributed by atoms with Gasteiger partial charge < -0.3 is 5.32 Å². The highest BCUT2D eigenvalue weighted by Gasteiger charge is 2.10. The van der Waals surface area contributed by atoms with E-state index in [2.05, 4.69) is 21.6 Å². The molecule has 2 N–H and O–H groups in total. The summed E-state index contributed by atoms with van der Waals surface area (Å²) in [6.07, 6.45) is 1.54. The van der Waals surface area contributed by atoms with E-state index in [1.54, 1.807) is 0 Å². The molecule has 0 radical (unpaired) electrons. The molecular weight excluding hydrogens is 214 g/mol. The van der Waals surface area contributed by atoms with Gasteiger partial charge in [-0.25, -0.2) is 0 Å². The first-order valence-corrected chi connectivity index (χ1v) is 5.46. The van der Waals surface area contributed by atoms with Crippen molar-refractivity contribution < 1.29 is 4.79 Å². The minimum Gasteiger partial charge on any atom is -0.322 e. The van der Waals surface area contributed by atoms with Crippen LogP contribution in [0, 0.1) is 20.8 Å². The fourth-order valence-corrected chi connectivity index (χ4v) is 1.82. The van der Waals surface area contributed by atoms with Crippen LogP contribution in [0.5, 0.6) is 0 Å². The normalized spacial score (nSPS) is 10.3. The Morgan fingerprint density at radius 1 is 1.18 bits per heavy atom. The average Bonchev–Trinajstić information content (AvgIpc) is 2.62. The number of amides is 1. The zero-order valence-electron chi connectivity index (χ0n) is 10.2. The molecule has 2 rings (SSSR count). The zero-order chi connectivity index (χ0) is 12.4. The van der Waals surface area contributed by atoms with Crippen molar-refractivity contribution in [1.29, 1.82) is 0 Å². The van der Waals surface area contributed by atoms with Crippen LogP contribution in [0.15, 0.2) is 24.4 Å². The molecule has 0 atom stereocenters. The van der Waals surface area contributed by atoms with Gasteiger partial charge in [0.15, 0.2) is 0 Å². The lowest BCUT2D eigenvalue weighted by Crippen LogP contribution is -2.12. The van der Waals surface area contributed by atoms with Gasteiger partial charge in [-0.1, -0.05) is 6.07 Å². The zero-order valence-corrected chi connectivity index (χ0v) is 10.2. The molecule has 4 nitrogen and oxygen atoms in total. The first kappa shape index (κ1) is 11.4. The van der Waals surface area contributed by atoms with Crippen molar-refractivity contribution in [2.45, 2.75) is 20.8 Å². The first-order valence-electron chi connectivity index (χ1n) is 5.46. The maximum absolute atomic E-state index is 11.9. The van der Waals surface area contributed by atoms with Gasteiger partial charge in [0.1, 0.15) is 0 Å². The summed E-state index contributed by atoms with van der Waals surface area (Å²) >= 11 is 0. The predicted molar refractivity (Wildman–Crippen MR) is 67.2 cm³/mol. The molecular formula is C13H15N3O. The lowest BCUT2D eigenvalue weighted by molar-refractivity contribution is 0.102. The van der Waals surface area contributed by atoms with Crippen LogP contribution >= 0.6 is 0 Å². The molecule has 4 heteroatoms. The van der Waals surface area contributed by atoms with Gasteiger partial charge in [0, 0.05) is 11.4 Å². The van der Waals surface area contributed by atoms with Crippen LogP contribution in [0.25, 0.3) is 0 Å². The number of carbonyl (C=O) groups is 1. The topological polar surface area (TPSA) is 57.8 Å². The number of rotatable bonds is 2. The molecule has 88 valence electrons. The van der Waals surface area contributed by atoms with Crippen molar-refractivity contribution in [3.8, 4) is 0 Å². The minimum absolute atomic E-state index is 0.138. The van der Waals surface area contributed by atoms with Crippen molar-refractivity contribution in [1.82, 2.24) is 10.2 Å². The van der Waals surface area contributed by atoms with E-state index >= 15 is 0 Å². The summed E-state index contributed by atoms with van der Waals surface area (Å²) in [6, 6.07) is 5.96. The second kappa shape index (κ2) is 4.41. The smallest absolute Gasteiger partial charge is 0.259 e. The second-order valence-corrected chi connectivity index (χ2v) is 4.24. The van der Waals surface area contributed by atoms with Crippen molar-refractivity contribution in [3.63, 3.8) is 0 Å². The SMILES string of the molecule is Cc1cc(C)cc(NC(=O)c2cn[nH]c2C)c1. The molecule has 0 bridgehead atoms. The number of aryl methyl sites for hydroxylation is 3. The van der Waals surface area contributed by atoms with E-state index in [0.717, 1.165) is 22.5 Å². The molecule has 0 saturated heterocycles. The van der Waals surface area contributed by atoms with Crippen LogP contribution in [0.1, 0.15) is 27.2 Å². The highest BCUT2D eigenvalue weighted by atomic mass is 16.1. The van der Waals surface area contributed by atoms with Gasteiger partial charge in [0.2, 0.25) is 0 Å². The minimum atomic E-state index is -0.138. The number of aromatic nitrogens is 2. The van der Waals surface area contributed by atoms with Gasteiger partial charge in [0.05, 0.1) is 11.8 Å². The molecule has 0 unspecified atom stereocenters. The Morgan fingerprint density at radius 3 is 2.35 bits per heavy atom. The Labute approximate surface area is 100 Å². The highest BCUT2D eigenvalue weighted by molar-refractivity contribution is 6.04. The van der Waals surface area contributed by atoms with E-state index in [0.29, 0.717) is 5.56 Å². The number of nitrogens with one attached hydrogen (secondary N) is 2. The molecule has 0 saturated carbocycles. The van der Waals surface area contributed by atoms with E-state index in [1.165, 1.54) is 6.20 Å². The Bertz CT molecular complexity index is 537. The summed E-state index contributed by atoms with van der Waals surface area (Å²) in [5.74, 6) is -0.138. The molecule has 0 spiro atoms. The number of hydrogen-bond acceptors (Lipinski definition) is 2. The summed E-state index contributed by atoms with van der Waals surface area (Å²) in [6.45, 7) is 5.83. The van der Waals surface area contributed by atoms with Crippen molar-refractivity contribution in [2.24, 2.45) is 0 Å². The van der Waals surface area contributed by atoms with E-state index in [4.69, 9.17) is 0 Å². The Morgan fingerprint density at radius 2 is 1.82 bits per heavy atom. The molecule has 1 aromatic heterocycles. The van der Waals surface area contributed by atoms with E-state index in [9.17, 15) is 4.79 Å². The second-order valence-electron chi connectivity index (χ2n) is 4.24. The van der Waals surface area contributed by atoms with Gasteiger partial charge in [-0.3, -0.25) is 9.89 Å². The number of anilines is 1. The molecule has 0 fully saturated rings. The Balaban J connectivity index is 2.21. The fourth-order valence-electron chi connectivity index (χ4n) is 1.82. The summed E-state index contributed by atoms with van der Waals surface area (Å²) in [5.41, 5.74) is 4.41. The number of carbonyl (C=O) groups excluding carboxylic acids is 1. The van der Waals surface area contributed by atoms with Crippen molar-refractivity contribution >= 4 is 11.6 Å².